The molecule has 1 amide bonds. The molecule has 0 aliphatic carbocycles. The molecule has 0 spiro atoms. The summed E-state index contributed by atoms with van der Waals surface area (Å²) in [6.07, 6.45) is 3.66. The first-order chi connectivity index (χ1) is 16.5. The molecule has 0 aromatic heterocycles. The monoisotopic (exact) mass is 481 g/mol. The lowest BCUT2D eigenvalue weighted by Gasteiger charge is -2.17. The van der Waals surface area contributed by atoms with Gasteiger partial charge in [0.15, 0.2) is 22.6 Å². The summed E-state index contributed by atoms with van der Waals surface area (Å²) in [6, 6.07) is 12.4. The van der Waals surface area contributed by atoms with Crippen LogP contribution in [0.3, 0.4) is 0 Å². The molecule has 0 radical (unpaired) electrons. The number of hydrogen-bond donors (Lipinski definition) is 1. The van der Waals surface area contributed by atoms with Gasteiger partial charge in [0.05, 0.1) is 11.4 Å². The Kier molecular flexibility index (Phi) is 6.14. The maximum absolute atomic E-state index is 13.4. The van der Waals surface area contributed by atoms with E-state index in [0.29, 0.717) is 28.8 Å². The second-order valence-corrected chi connectivity index (χ2v) is 8.96. The average molecular weight is 482 g/mol. The standard InChI is InChI=1S/C24H21F2N5O2S/c25-17-11-10-15(13-18(17)26)27-20(32)14-34-24-28-22-21(19-9-5-2-6-12-30(19)24)23(33)31(29-22)16-7-3-1-4-8-16/h1,3-4,7-8,10-11,13H,2,5-6,9,12,14H2,(H,27,32). The number of para-hydroxylation sites is 1. The topological polar surface area (TPSA) is 81.8 Å². The van der Waals surface area contributed by atoms with Gasteiger partial charge in [-0.3, -0.25) is 9.59 Å². The van der Waals surface area contributed by atoms with Gasteiger partial charge in [-0.15, -0.1) is 5.10 Å². The molecule has 5 rings (SSSR count). The van der Waals surface area contributed by atoms with Crippen molar-refractivity contribution in [3.05, 3.63) is 76.2 Å². The van der Waals surface area contributed by atoms with Gasteiger partial charge in [0.1, 0.15) is 5.56 Å². The molecule has 1 N–H and O–H groups in total. The fraction of sp³-hybridized carbons (Fsp3) is 0.250. The van der Waals surface area contributed by atoms with Crippen LogP contribution in [0.5, 0.6) is 0 Å². The molecule has 0 unspecified atom stereocenters. The second-order valence-electron chi connectivity index (χ2n) is 8.02. The zero-order chi connectivity index (χ0) is 23.7. The molecule has 0 saturated carbocycles. The van der Waals surface area contributed by atoms with E-state index in [0.717, 1.165) is 43.5 Å². The number of hydrogen-bond acceptors (Lipinski definition) is 5. The Morgan fingerprint density at radius 3 is 2.68 bits per heavy atom. The summed E-state index contributed by atoms with van der Waals surface area (Å²) in [7, 11) is 0. The zero-order valence-electron chi connectivity index (χ0n) is 18.1. The van der Waals surface area contributed by atoms with Gasteiger partial charge in [-0.25, -0.2) is 13.8 Å². The van der Waals surface area contributed by atoms with Crippen LogP contribution in [-0.2, 0) is 17.8 Å². The fourth-order valence-corrected chi connectivity index (χ4v) is 4.95. The summed E-state index contributed by atoms with van der Waals surface area (Å²) < 4.78 is 30.0. The maximum atomic E-state index is 13.4. The number of aromatic nitrogens is 4. The van der Waals surface area contributed by atoms with Gasteiger partial charge in [-0.05, 0) is 43.5 Å². The minimum absolute atomic E-state index is 0.0145. The lowest BCUT2D eigenvalue weighted by Crippen LogP contribution is -2.20. The normalized spacial score (nSPS) is 13.5. The fourth-order valence-electron chi connectivity index (χ4n) is 4.11. The van der Waals surface area contributed by atoms with E-state index in [1.807, 2.05) is 34.9 Å². The number of anilines is 1. The van der Waals surface area contributed by atoms with Crippen molar-refractivity contribution in [1.29, 1.82) is 0 Å². The highest BCUT2D eigenvalue weighted by Crippen LogP contribution is 2.30. The molecule has 3 aliphatic rings. The first-order valence-electron chi connectivity index (χ1n) is 11.0. The van der Waals surface area contributed by atoms with Crippen LogP contribution >= 0.6 is 11.8 Å². The van der Waals surface area contributed by atoms with Gasteiger partial charge >= 0.3 is 0 Å². The lowest BCUT2D eigenvalue weighted by atomic mass is 10.1. The number of rotatable bonds is 5. The average Bonchev–Trinajstić information content (AvgIpc) is 3.00. The molecule has 3 heterocycles. The molecular formula is C24H21F2N5O2S. The van der Waals surface area contributed by atoms with Crippen molar-refractivity contribution in [2.45, 2.75) is 37.4 Å². The number of fused-ring (bicyclic) bond motifs is 3. The Bertz CT molecular complexity index is 1390. The van der Waals surface area contributed by atoms with Crippen LogP contribution in [0.2, 0.25) is 0 Å². The minimum Gasteiger partial charge on any atom is -0.325 e. The third-order valence-electron chi connectivity index (χ3n) is 5.70. The second kappa shape index (κ2) is 9.38. The van der Waals surface area contributed by atoms with Gasteiger partial charge in [-0.1, -0.05) is 36.4 Å². The number of nitrogens with one attached hydrogen (secondary N) is 1. The van der Waals surface area contributed by atoms with Crippen molar-refractivity contribution in [2.24, 2.45) is 0 Å². The molecule has 0 atom stereocenters. The third kappa shape index (κ3) is 4.33. The lowest BCUT2D eigenvalue weighted by molar-refractivity contribution is -0.113. The van der Waals surface area contributed by atoms with Crippen LogP contribution < -0.4 is 10.9 Å². The Balaban J connectivity index is 1.46. The summed E-state index contributed by atoms with van der Waals surface area (Å²) in [6.45, 7) is 0.696. The molecule has 34 heavy (non-hydrogen) atoms. The Morgan fingerprint density at radius 1 is 1.06 bits per heavy atom. The predicted octanol–water partition coefficient (Wildman–Crippen LogP) is 4.27. The van der Waals surface area contributed by atoms with Crippen molar-refractivity contribution in [3.63, 3.8) is 0 Å². The van der Waals surface area contributed by atoms with Gasteiger partial charge in [-0.2, -0.15) is 4.68 Å². The number of carbonyl (C=O) groups is 1. The highest BCUT2D eigenvalue weighted by molar-refractivity contribution is 7.99. The molecule has 2 aromatic rings. The van der Waals surface area contributed by atoms with E-state index in [4.69, 9.17) is 0 Å². The number of benzene rings is 2. The van der Waals surface area contributed by atoms with Crippen LogP contribution in [0.1, 0.15) is 25.0 Å². The van der Waals surface area contributed by atoms with E-state index in [-0.39, 0.29) is 22.9 Å². The highest BCUT2D eigenvalue weighted by atomic mass is 32.2. The van der Waals surface area contributed by atoms with Crippen LogP contribution in [0.15, 0.2) is 58.5 Å². The van der Waals surface area contributed by atoms with E-state index >= 15 is 0 Å². The van der Waals surface area contributed by atoms with Crippen molar-refractivity contribution in [1.82, 2.24) is 19.3 Å². The SMILES string of the molecule is O=C(CSc1nc2nn(-c3ccccc3)c(=O)c-2c2n1CCCCC2)Nc1ccc(F)c(F)c1. The molecule has 7 nitrogen and oxygen atoms in total. The Labute approximate surface area is 198 Å². The van der Waals surface area contributed by atoms with E-state index in [1.165, 1.54) is 22.5 Å². The van der Waals surface area contributed by atoms with Gasteiger partial charge in [0, 0.05) is 24.0 Å². The van der Waals surface area contributed by atoms with E-state index < -0.39 is 11.6 Å². The van der Waals surface area contributed by atoms with E-state index in [9.17, 15) is 18.4 Å². The van der Waals surface area contributed by atoms with Crippen molar-refractivity contribution >= 4 is 23.4 Å². The quantitative estimate of drug-likeness (QED) is 0.340. The van der Waals surface area contributed by atoms with Crippen molar-refractivity contribution in [2.75, 3.05) is 11.1 Å². The molecule has 2 aromatic carbocycles. The first-order valence-corrected chi connectivity index (χ1v) is 12.0. The summed E-state index contributed by atoms with van der Waals surface area (Å²) in [5.41, 5.74) is 2.04. The Hall–Kier alpha value is -3.53. The molecule has 3 aliphatic heterocycles. The zero-order valence-corrected chi connectivity index (χ0v) is 18.9. The van der Waals surface area contributed by atoms with Gasteiger partial charge < -0.3 is 9.88 Å². The molecule has 0 bridgehead atoms. The molecule has 174 valence electrons. The summed E-state index contributed by atoms with van der Waals surface area (Å²) in [5.74, 6) is -2.01. The number of amides is 1. The van der Waals surface area contributed by atoms with Crippen LogP contribution in [0.25, 0.3) is 17.1 Å². The maximum Gasteiger partial charge on any atom is 0.284 e. The Morgan fingerprint density at radius 2 is 1.88 bits per heavy atom. The van der Waals surface area contributed by atoms with Crippen LogP contribution in [0, 0.1) is 11.6 Å². The van der Waals surface area contributed by atoms with Crippen LogP contribution in [-0.4, -0.2) is 31.0 Å². The summed E-state index contributed by atoms with van der Waals surface area (Å²) >= 11 is 1.23. The van der Waals surface area contributed by atoms with Crippen molar-refractivity contribution < 1.29 is 13.6 Å². The molecule has 0 saturated heterocycles. The van der Waals surface area contributed by atoms with E-state index in [1.54, 1.807) is 0 Å². The number of thioether (sulfide) groups is 1. The van der Waals surface area contributed by atoms with E-state index in [2.05, 4.69) is 15.4 Å². The summed E-state index contributed by atoms with van der Waals surface area (Å²) in [4.78, 5) is 30.4. The number of halogens is 2. The first kappa shape index (κ1) is 22.3. The third-order valence-corrected chi connectivity index (χ3v) is 6.68. The molecule has 0 fully saturated rings. The van der Waals surface area contributed by atoms with Crippen LogP contribution in [0.4, 0.5) is 14.5 Å². The number of nitrogens with zero attached hydrogens (tertiary/aromatic N) is 4. The molecule has 10 heteroatoms. The van der Waals surface area contributed by atoms with Crippen molar-refractivity contribution in [3.8, 4) is 17.1 Å². The smallest absolute Gasteiger partial charge is 0.284 e. The van der Waals surface area contributed by atoms with Gasteiger partial charge in [0.2, 0.25) is 5.91 Å². The minimum atomic E-state index is -1.03. The number of carbonyl (C=O) groups excluding carboxylic acids is 1. The molecular weight excluding hydrogens is 460 g/mol. The highest BCUT2D eigenvalue weighted by Gasteiger charge is 2.27. The summed E-state index contributed by atoms with van der Waals surface area (Å²) in [5, 5.41) is 7.65. The predicted molar refractivity (Wildman–Crippen MR) is 126 cm³/mol. The van der Waals surface area contributed by atoms with Gasteiger partial charge in [0.25, 0.3) is 5.56 Å². The largest absolute Gasteiger partial charge is 0.325 e.